The van der Waals surface area contributed by atoms with E-state index in [-0.39, 0.29) is 24.0 Å². The lowest BCUT2D eigenvalue weighted by molar-refractivity contribution is -0.204. The molecule has 2 aromatic carbocycles. The quantitative estimate of drug-likeness (QED) is 0.813. The number of amides is 1. The molecule has 0 aliphatic carbocycles. The summed E-state index contributed by atoms with van der Waals surface area (Å²) in [6, 6.07) is 6.77. The topological polar surface area (TPSA) is 52.3 Å². The molecule has 1 amide bonds. The Morgan fingerprint density at radius 2 is 1.62 bits per heavy atom. The Balaban J connectivity index is 2.22. The van der Waals surface area contributed by atoms with Crippen LogP contribution in [0.1, 0.15) is 22.8 Å². The van der Waals surface area contributed by atoms with Gasteiger partial charge in [0.15, 0.2) is 11.6 Å². The second-order valence-electron chi connectivity index (χ2n) is 5.10. The van der Waals surface area contributed by atoms with Crippen molar-refractivity contribution in [2.45, 2.75) is 18.8 Å². The molecule has 0 fully saturated rings. The molecule has 0 aliphatic rings. The number of rotatable bonds is 5. The molecule has 0 saturated carbocycles. The third-order valence-corrected chi connectivity index (χ3v) is 3.21. The van der Waals surface area contributed by atoms with Gasteiger partial charge in [-0.3, -0.25) is 4.79 Å². The van der Waals surface area contributed by atoms with E-state index in [4.69, 9.17) is 10.5 Å². The lowest BCUT2D eigenvalue weighted by Crippen LogP contribution is -2.34. The minimum absolute atomic E-state index is 0.0419. The van der Waals surface area contributed by atoms with Crippen molar-refractivity contribution in [1.82, 2.24) is 0 Å². The number of carbonyl (C=O) groups is 1. The van der Waals surface area contributed by atoms with E-state index in [1.54, 1.807) is 0 Å². The number of alkyl halides is 4. The molecule has 24 heavy (non-hydrogen) atoms. The molecule has 0 unspecified atom stereocenters. The van der Waals surface area contributed by atoms with Gasteiger partial charge in [-0.15, -0.1) is 0 Å². The molecule has 2 N–H and O–H groups in total. The normalized spacial score (nSPS) is 12.1. The summed E-state index contributed by atoms with van der Waals surface area (Å²) in [4.78, 5) is 10.9. The van der Waals surface area contributed by atoms with Crippen LogP contribution in [-0.4, -0.2) is 11.8 Å². The van der Waals surface area contributed by atoms with E-state index >= 15 is 0 Å². The molecule has 0 atom stereocenters. The molecule has 8 heteroatoms. The zero-order valence-electron chi connectivity index (χ0n) is 12.3. The van der Waals surface area contributed by atoms with Crippen LogP contribution in [0.5, 0.6) is 11.5 Å². The standard InChI is InChI=1S/C16H12F5NO2/c1-15(18,19)16(20,21)10-3-5-11(6-4-10)24-13-7-2-9(14(22)23)8-12(13)17/h2-8H,1H3,(H2,22,23). The van der Waals surface area contributed by atoms with Gasteiger partial charge in [-0.2, -0.15) is 17.6 Å². The Morgan fingerprint density at radius 1 is 1.04 bits per heavy atom. The maximum absolute atomic E-state index is 13.8. The van der Waals surface area contributed by atoms with E-state index in [2.05, 4.69) is 0 Å². The van der Waals surface area contributed by atoms with Gasteiger partial charge < -0.3 is 10.5 Å². The first-order valence-corrected chi connectivity index (χ1v) is 6.66. The van der Waals surface area contributed by atoms with Crippen molar-refractivity contribution in [2.75, 3.05) is 0 Å². The van der Waals surface area contributed by atoms with Crippen molar-refractivity contribution >= 4 is 5.91 Å². The first-order chi connectivity index (χ1) is 11.0. The first kappa shape index (κ1) is 17.7. The monoisotopic (exact) mass is 345 g/mol. The van der Waals surface area contributed by atoms with Crippen LogP contribution in [0.25, 0.3) is 0 Å². The highest BCUT2D eigenvalue weighted by molar-refractivity contribution is 5.92. The Morgan fingerprint density at radius 3 is 2.08 bits per heavy atom. The molecule has 0 heterocycles. The summed E-state index contributed by atoms with van der Waals surface area (Å²) in [5.41, 5.74) is 4.03. The summed E-state index contributed by atoms with van der Waals surface area (Å²) >= 11 is 0. The Kier molecular flexibility index (Phi) is 4.50. The van der Waals surface area contributed by atoms with E-state index in [1.807, 2.05) is 0 Å². The summed E-state index contributed by atoms with van der Waals surface area (Å²) in [5, 5.41) is 0. The lowest BCUT2D eigenvalue weighted by Gasteiger charge is -2.23. The lowest BCUT2D eigenvalue weighted by atomic mass is 10.0. The number of hydrogen-bond donors (Lipinski definition) is 1. The summed E-state index contributed by atoms with van der Waals surface area (Å²) in [7, 11) is 0. The van der Waals surface area contributed by atoms with Crippen LogP contribution < -0.4 is 10.5 Å². The van der Waals surface area contributed by atoms with Gasteiger partial charge >= 0.3 is 11.8 Å². The molecule has 0 spiro atoms. The van der Waals surface area contributed by atoms with Gasteiger partial charge in [0.1, 0.15) is 5.75 Å². The molecule has 0 radical (unpaired) electrons. The molecular formula is C16H12F5NO2. The average molecular weight is 345 g/mol. The van der Waals surface area contributed by atoms with Crippen LogP contribution in [-0.2, 0) is 5.92 Å². The van der Waals surface area contributed by atoms with Gasteiger partial charge in [-0.25, -0.2) is 4.39 Å². The zero-order chi connectivity index (χ0) is 18.1. The SMILES string of the molecule is CC(F)(F)C(F)(F)c1ccc(Oc2ccc(C(N)=O)cc2F)cc1. The third kappa shape index (κ3) is 3.47. The van der Waals surface area contributed by atoms with E-state index in [0.29, 0.717) is 0 Å². The van der Waals surface area contributed by atoms with Gasteiger partial charge in [0, 0.05) is 18.1 Å². The molecule has 3 nitrogen and oxygen atoms in total. The largest absolute Gasteiger partial charge is 0.454 e. The maximum atomic E-state index is 13.8. The average Bonchev–Trinajstić information content (AvgIpc) is 2.48. The number of hydrogen-bond acceptors (Lipinski definition) is 2. The summed E-state index contributed by atoms with van der Waals surface area (Å²) < 4.78 is 71.8. The molecule has 0 aromatic heterocycles. The fourth-order valence-corrected chi connectivity index (χ4v) is 1.85. The van der Waals surface area contributed by atoms with Gasteiger partial charge in [-0.05, 0) is 42.5 Å². The second kappa shape index (κ2) is 6.10. The number of nitrogens with two attached hydrogens (primary N) is 1. The number of benzene rings is 2. The van der Waals surface area contributed by atoms with Crippen molar-refractivity contribution in [3.05, 3.63) is 59.4 Å². The fourth-order valence-electron chi connectivity index (χ4n) is 1.85. The van der Waals surface area contributed by atoms with Crippen LogP contribution in [0.4, 0.5) is 22.0 Å². The van der Waals surface area contributed by atoms with E-state index < -0.39 is 29.1 Å². The predicted molar refractivity (Wildman–Crippen MR) is 75.9 cm³/mol. The molecule has 128 valence electrons. The Bertz CT molecular complexity index is 754. The number of halogens is 5. The van der Waals surface area contributed by atoms with Crippen molar-refractivity contribution < 1.29 is 31.5 Å². The van der Waals surface area contributed by atoms with Gasteiger partial charge in [0.25, 0.3) is 0 Å². The fraction of sp³-hybridized carbons (Fsp3) is 0.188. The maximum Gasteiger partial charge on any atom is 0.335 e. The highest BCUT2D eigenvalue weighted by Crippen LogP contribution is 2.43. The van der Waals surface area contributed by atoms with Gasteiger partial charge in [0.05, 0.1) is 0 Å². The summed E-state index contributed by atoms with van der Waals surface area (Å²) in [6.07, 6.45) is 0. The van der Waals surface area contributed by atoms with Crippen LogP contribution in [0.2, 0.25) is 0 Å². The van der Waals surface area contributed by atoms with Gasteiger partial charge in [-0.1, -0.05) is 0 Å². The van der Waals surface area contributed by atoms with Crippen molar-refractivity contribution in [1.29, 1.82) is 0 Å². The Labute approximate surface area is 133 Å². The second-order valence-corrected chi connectivity index (χ2v) is 5.10. The summed E-state index contributed by atoms with van der Waals surface area (Å²) in [6.45, 7) is 0.118. The van der Waals surface area contributed by atoms with Crippen LogP contribution in [0.15, 0.2) is 42.5 Å². The molecule has 0 saturated heterocycles. The molecule has 2 aromatic rings. The van der Waals surface area contributed by atoms with Crippen molar-refractivity contribution in [2.24, 2.45) is 5.73 Å². The number of primary amides is 1. The highest BCUT2D eigenvalue weighted by Gasteiger charge is 2.53. The van der Waals surface area contributed by atoms with Crippen LogP contribution >= 0.6 is 0 Å². The third-order valence-electron chi connectivity index (χ3n) is 3.21. The number of carbonyl (C=O) groups excluding carboxylic acids is 1. The smallest absolute Gasteiger partial charge is 0.335 e. The zero-order valence-corrected chi connectivity index (χ0v) is 12.3. The van der Waals surface area contributed by atoms with E-state index in [9.17, 15) is 26.7 Å². The molecular weight excluding hydrogens is 333 g/mol. The Hall–Kier alpha value is -2.64. The minimum Gasteiger partial charge on any atom is -0.454 e. The highest BCUT2D eigenvalue weighted by atomic mass is 19.3. The van der Waals surface area contributed by atoms with Crippen molar-refractivity contribution in [3.63, 3.8) is 0 Å². The van der Waals surface area contributed by atoms with Crippen LogP contribution in [0, 0.1) is 5.82 Å². The van der Waals surface area contributed by atoms with Crippen molar-refractivity contribution in [3.8, 4) is 11.5 Å². The number of ether oxygens (including phenoxy) is 1. The van der Waals surface area contributed by atoms with E-state index in [1.165, 1.54) is 6.07 Å². The van der Waals surface area contributed by atoms with E-state index in [0.717, 1.165) is 36.4 Å². The summed E-state index contributed by atoms with van der Waals surface area (Å²) in [5.74, 6) is -10.6. The first-order valence-electron chi connectivity index (χ1n) is 6.66. The predicted octanol–water partition coefficient (Wildman–Crippen LogP) is 4.46. The van der Waals surface area contributed by atoms with Gasteiger partial charge in [0.2, 0.25) is 5.91 Å². The minimum atomic E-state index is -4.35. The molecule has 2 rings (SSSR count). The molecule has 0 aliphatic heterocycles. The molecule has 0 bridgehead atoms. The van der Waals surface area contributed by atoms with Crippen LogP contribution in [0.3, 0.4) is 0 Å².